The largest absolute Gasteiger partial charge is 0.548 e. The molecule has 30 heavy (non-hydrogen) atoms. The number of benzene rings is 2. The number of anilines is 1. The molecule has 3 aliphatic rings. The Bertz CT molecular complexity index is 1150. The number of ketones is 2. The zero-order valence-corrected chi connectivity index (χ0v) is 15.3. The third-order valence-electron chi connectivity index (χ3n) is 5.83. The van der Waals surface area contributed by atoms with Crippen LogP contribution in [0.4, 0.5) is 5.69 Å². The van der Waals surface area contributed by atoms with Gasteiger partial charge in [0.15, 0.2) is 11.6 Å². The van der Waals surface area contributed by atoms with Crippen LogP contribution < -0.4 is 10.0 Å². The van der Waals surface area contributed by atoms with Crippen LogP contribution in [0.15, 0.2) is 59.6 Å². The summed E-state index contributed by atoms with van der Waals surface area (Å²) in [6.07, 6.45) is 0. The van der Waals surface area contributed by atoms with E-state index in [4.69, 9.17) is 0 Å². The SMILES string of the molecule is O=C1c2ccccc2C(=O)C1C1=N[C@H](C(=O)[O-])[C@@H]2C(=O)N(c3ccccc3)C(=O)[C@@H]12. The average Bonchev–Trinajstić information content (AvgIpc) is 3.33. The van der Waals surface area contributed by atoms with Crippen molar-refractivity contribution in [2.45, 2.75) is 6.04 Å². The number of hydrogen-bond acceptors (Lipinski definition) is 7. The number of hydrogen-bond donors (Lipinski definition) is 0. The molecule has 0 N–H and O–H groups in total. The average molecular weight is 401 g/mol. The van der Waals surface area contributed by atoms with Crippen molar-refractivity contribution in [3.63, 3.8) is 0 Å². The minimum absolute atomic E-state index is 0.169. The van der Waals surface area contributed by atoms with E-state index in [9.17, 15) is 29.1 Å². The first-order chi connectivity index (χ1) is 14.4. The van der Waals surface area contributed by atoms with Gasteiger partial charge in [0.1, 0.15) is 12.0 Å². The molecule has 0 bridgehead atoms. The molecule has 2 aromatic carbocycles. The van der Waals surface area contributed by atoms with Crippen molar-refractivity contribution in [3.05, 3.63) is 65.7 Å². The molecular weight excluding hydrogens is 388 g/mol. The Hall–Kier alpha value is -3.94. The molecule has 2 aliphatic heterocycles. The van der Waals surface area contributed by atoms with Gasteiger partial charge in [-0.25, -0.2) is 4.90 Å². The van der Waals surface area contributed by atoms with Crippen molar-refractivity contribution >= 4 is 40.7 Å². The van der Waals surface area contributed by atoms with E-state index in [0.717, 1.165) is 4.90 Å². The lowest BCUT2D eigenvalue weighted by Crippen LogP contribution is -2.42. The molecule has 5 rings (SSSR count). The Labute approximate surface area is 169 Å². The molecule has 2 heterocycles. The van der Waals surface area contributed by atoms with Crippen molar-refractivity contribution in [2.75, 3.05) is 4.90 Å². The number of aliphatic imine (C=N–C) groups is 1. The Kier molecular flexibility index (Phi) is 3.79. The highest BCUT2D eigenvalue weighted by Crippen LogP contribution is 2.43. The lowest BCUT2D eigenvalue weighted by atomic mass is 9.82. The number of carbonyl (C=O) groups is 5. The van der Waals surface area contributed by atoms with E-state index in [1.165, 1.54) is 12.1 Å². The Balaban J connectivity index is 1.61. The van der Waals surface area contributed by atoms with Gasteiger partial charge in [0.2, 0.25) is 11.8 Å². The number of Topliss-reactive ketones (excluding diaryl/α,β-unsaturated/α-hetero) is 2. The Morgan fingerprint density at radius 2 is 1.40 bits per heavy atom. The maximum atomic E-state index is 13.2. The highest BCUT2D eigenvalue weighted by molar-refractivity contribution is 6.41. The second kappa shape index (κ2) is 6.28. The van der Waals surface area contributed by atoms with E-state index in [0.29, 0.717) is 0 Å². The van der Waals surface area contributed by atoms with Gasteiger partial charge in [0.05, 0.1) is 23.5 Å². The number of aliphatic carboxylic acids is 1. The molecule has 0 radical (unpaired) electrons. The van der Waals surface area contributed by atoms with Crippen LogP contribution in [0.3, 0.4) is 0 Å². The molecule has 1 fully saturated rings. The fraction of sp³-hybridized carbons (Fsp3) is 0.182. The monoisotopic (exact) mass is 401 g/mol. The summed E-state index contributed by atoms with van der Waals surface area (Å²) in [7, 11) is 0. The predicted molar refractivity (Wildman–Crippen MR) is 101 cm³/mol. The highest BCUT2D eigenvalue weighted by atomic mass is 16.4. The summed E-state index contributed by atoms with van der Waals surface area (Å²) in [4.78, 5) is 68.7. The van der Waals surface area contributed by atoms with Crippen molar-refractivity contribution in [2.24, 2.45) is 22.7 Å². The fourth-order valence-corrected chi connectivity index (χ4v) is 4.54. The third-order valence-corrected chi connectivity index (χ3v) is 5.83. The Morgan fingerprint density at radius 1 is 0.833 bits per heavy atom. The van der Waals surface area contributed by atoms with Crippen LogP contribution in [0.25, 0.3) is 0 Å². The summed E-state index contributed by atoms with van der Waals surface area (Å²) < 4.78 is 0. The zero-order chi connectivity index (χ0) is 21.2. The maximum Gasteiger partial charge on any atom is 0.243 e. The van der Waals surface area contributed by atoms with Crippen molar-refractivity contribution in [1.29, 1.82) is 0 Å². The summed E-state index contributed by atoms with van der Waals surface area (Å²) in [6.45, 7) is 0. The van der Waals surface area contributed by atoms with E-state index in [1.54, 1.807) is 42.5 Å². The summed E-state index contributed by atoms with van der Waals surface area (Å²) in [5.74, 6) is -8.22. The summed E-state index contributed by atoms with van der Waals surface area (Å²) >= 11 is 0. The number of imide groups is 1. The van der Waals surface area contributed by atoms with Crippen LogP contribution in [-0.2, 0) is 14.4 Å². The first-order valence-corrected chi connectivity index (χ1v) is 9.30. The second-order valence-electron chi connectivity index (χ2n) is 7.38. The van der Waals surface area contributed by atoms with Gasteiger partial charge in [-0.05, 0) is 12.1 Å². The van der Waals surface area contributed by atoms with Gasteiger partial charge in [-0.1, -0.05) is 42.5 Å². The van der Waals surface area contributed by atoms with Crippen LogP contribution in [-0.4, -0.2) is 41.1 Å². The fourth-order valence-electron chi connectivity index (χ4n) is 4.54. The molecule has 0 spiro atoms. The number of rotatable bonds is 3. The van der Waals surface area contributed by atoms with Crippen LogP contribution in [0, 0.1) is 17.8 Å². The van der Waals surface area contributed by atoms with Gasteiger partial charge in [-0.3, -0.25) is 24.2 Å². The van der Waals surface area contributed by atoms with Crippen LogP contribution in [0.2, 0.25) is 0 Å². The molecule has 8 heteroatoms. The molecule has 148 valence electrons. The molecular formula is C22H13N2O6-. The lowest BCUT2D eigenvalue weighted by Gasteiger charge is -2.18. The molecule has 1 saturated heterocycles. The van der Waals surface area contributed by atoms with Gasteiger partial charge in [0.25, 0.3) is 0 Å². The standard InChI is InChI=1S/C22H14N2O6/c25-18-11-8-4-5-9-12(11)19(26)15(18)16-13-14(17(23-16)22(29)30)21(28)24(20(13)27)10-6-2-1-3-7-10/h1-9,13-15,17H,(H,29,30)/p-1/t13-,14-,17+/m1/s1. The number of carboxylic acid groups (broad SMARTS) is 1. The van der Waals surface area contributed by atoms with E-state index in [-0.39, 0.29) is 22.5 Å². The first kappa shape index (κ1) is 18.1. The normalized spacial score (nSPS) is 25.5. The van der Waals surface area contributed by atoms with E-state index >= 15 is 0 Å². The number of carbonyl (C=O) groups excluding carboxylic acids is 5. The smallest absolute Gasteiger partial charge is 0.243 e. The van der Waals surface area contributed by atoms with Gasteiger partial charge in [-0.2, -0.15) is 0 Å². The minimum atomic E-state index is -1.64. The molecule has 0 unspecified atom stereocenters. The quantitative estimate of drug-likeness (QED) is 0.529. The van der Waals surface area contributed by atoms with Crippen molar-refractivity contribution in [1.82, 2.24) is 0 Å². The third kappa shape index (κ3) is 2.27. The number of para-hydroxylation sites is 1. The van der Waals surface area contributed by atoms with E-state index in [1.807, 2.05) is 0 Å². The molecule has 2 amide bonds. The highest BCUT2D eigenvalue weighted by Gasteiger charge is 2.61. The maximum absolute atomic E-state index is 13.2. The number of fused-ring (bicyclic) bond motifs is 2. The number of nitrogens with zero attached hydrogens (tertiary/aromatic N) is 2. The van der Waals surface area contributed by atoms with Gasteiger partial charge in [-0.15, -0.1) is 0 Å². The molecule has 0 saturated carbocycles. The number of amides is 2. The van der Waals surface area contributed by atoms with E-state index in [2.05, 4.69) is 4.99 Å². The second-order valence-corrected chi connectivity index (χ2v) is 7.38. The van der Waals surface area contributed by atoms with Crippen molar-refractivity contribution < 1.29 is 29.1 Å². The summed E-state index contributed by atoms with van der Waals surface area (Å²) in [6, 6.07) is 12.6. The minimum Gasteiger partial charge on any atom is -0.548 e. The first-order valence-electron chi connectivity index (χ1n) is 9.30. The van der Waals surface area contributed by atoms with Crippen LogP contribution >= 0.6 is 0 Å². The van der Waals surface area contributed by atoms with Gasteiger partial charge >= 0.3 is 0 Å². The molecule has 1 aliphatic carbocycles. The lowest BCUT2D eigenvalue weighted by molar-refractivity contribution is -0.308. The predicted octanol–water partition coefficient (Wildman–Crippen LogP) is 0.0607. The molecule has 8 nitrogen and oxygen atoms in total. The molecule has 3 atom stereocenters. The van der Waals surface area contributed by atoms with Crippen LogP contribution in [0.1, 0.15) is 20.7 Å². The molecule has 2 aromatic rings. The summed E-state index contributed by atoms with van der Waals surface area (Å²) in [5.41, 5.74) is 0.503. The molecule has 0 aromatic heterocycles. The van der Waals surface area contributed by atoms with E-state index < -0.39 is 53.1 Å². The van der Waals surface area contributed by atoms with Gasteiger partial charge < -0.3 is 9.90 Å². The van der Waals surface area contributed by atoms with Crippen molar-refractivity contribution in [3.8, 4) is 0 Å². The zero-order valence-electron chi connectivity index (χ0n) is 15.3. The number of carboxylic acids is 1. The van der Waals surface area contributed by atoms with Crippen LogP contribution in [0.5, 0.6) is 0 Å². The Morgan fingerprint density at radius 3 is 1.97 bits per heavy atom. The van der Waals surface area contributed by atoms with Gasteiger partial charge in [0, 0.05) is 16.8 Å². The summed E-state index contributed by atoms with van der Waals surface area (Å²) in [5, 5.41) is 11.7. The topological polar surface area (TPSA) is 124 Å².